The molecule has 5 rings (SSSR count). The Morgan fingerprint density at radius 3 is 2.00 bits per heavy atom. The highest BCUT2D eigenvalue weighted by atomic mass is 31.2. The first-order valence-corrected chi connectivity index (χ1v) is 12.8. The zero-order valence-corrected chi connectivity index (χ0v) is 19.9. The number of aliphatic imine (C=N–C) groups is 1. The van der Waals surface area contributed by atoms with Crippen molar-refractivity contribution in [1.82, 2.24) is 4.67 Å². The summed E-state index contributed by atoms with van der Waals surface area (Å²) in [6.07, 6.45) is 1.57. The van der Waals surface area contributed by atoms with E-state index in [0.717, 1.165) is 16.3 Å². The lowest BCUT2D eigenvalue weighted by Crippen LogP contribution is -2.50. The van der Waals surface area contributed by atoms with Crippen LogP contribution in [0.5, 0.6) is 0 Å². The van der Waals surface area contributed by atoms with Gasteiger partial charge in [-0.25, -0.2) is 4.79 Å². The van der Waals surface area contributed by atoms with Gasteiger partial charge in [-0.15, -0.1) is 0 Å². The van der Waals surface area contributed by atoms with Crippen molar-refractivity contribution in [2.75, 3.05) is 7.11 Å². The first-order chi connectivity index (χ1) is 16.5. The van der Waals surface area contributed by atoms with Crippen LogP contribution < -0.4 is 10.6 Å². The molecular formula is C28H25N2O3P. The van der Waals surface area contributed by atoms with Gasteiger partial charge in [-0.3, -0.25) is 14.2 Å². The minimum Gasteiger partial charge on any atom is -0.467 e. The van der Waals surface area contributed by atoms with Gasteiger partial charge in [0.2, 0.25) is 7.29 Å². The van der Waals surface area contributed by atoms with Gasteiger partial charge in [0.25, 0.3) is 0 Å². The summed E-state index contributed by atoms with van der Waals surface area (Å²) in [6, 6.07) is 32.0. The van der Waals surface area contributed by atoms with Gasteiger partial charge in [0, 0.05) is 10.6 Å². The zero-order valence-electron chi connectivity index (χ0n) is 19.0. The predicted octanol–water partition coefficient (Wildman–Crippen LogP) is 4.87. The van der Waals surface area contributed by atoms with Crippen LogP contribution in [0, 0.1) is 0 Å². The standard InChI is InChI=1S/C28H25N2O3P/c1-28(23-18-17-21-11-9-10-12-22(21)19-23)26(27(31)33-2)29-20-30(28)34(32,24-13-5-3-6-14-24)25-15-7-4-8-16-25/h3-20,26H,1-2H3/t26-,28-/m0/s1. The second-order valence-electron chi connectivity index (χ2n) is 8.49. The van der Waals surface area contributed by atoms with Gasteiger partial charge in [-0.2, -0.15) is 0 Å². The van der Waals surface area contributed by atoms with Crippen LogP contribution in [-0.2, 0) is 19.6 Å². The third-order valence-electron chi connectivity index (χ3n) is 6.61. The van der Waals surface area contributed by atoms with Crippen LogP contribution in [0.25, 0.3) is 10.8 Å². The molecule has 170 valence electrons. The number of hydrogen-bond acceptors (Lipinski definition) is 4. The molecule has 2 atom stereocenters. The highest BCUT2D eigenvalue weighted by molar-refractivity contribution is 7.77. The quantitative estimate of drug-likeness (QED) is 0.310. The fourth-order valence-corrected chi connectivity index (χ4v) is 7.70. The number of nitrogens with zero attached hydrogens (tertiary/aromatic N) is 2. The Balaban J connectivity index is 1.77. The lowest BCUT2D eigenvalue weighted by molar-refractivity contribution is -0.144. The van der Waals surface area contributed by atoms with Crippen LogP contribution in [0.1, 0.15) is 12.5 Å². The van der Waals surface area contributed by atoms with E-state index < -0.39 is 24.8 Å². The molecule has 0 aromatic heterocycles. The average Bonchev–Trinajstić information content (AvgIpc) is 3.27. The molecule has 5 nitrogen and oxygen atoms in total. The molecular weight excluding hydrogens is 443 g/mol. The molecule has 1 heterocycles. The zero-order chi connectivity index (χ0) is 23.8. The molecule has 4 aromatic carbocycles. The van der Waals surface area contributed by atoms with E-state index in [1.165, 1.54) is 7.11 Å². The van der Waals surface area contributed by atoms with Crippen molar-refractivity contribution in [3.8, 4) is 0 Å². The van der Waals surface area contributed by atoms with Crippen molar-refractivity contribution in [2.45, 2.75) is 18.5 Å². The average molecular weight is 468 g/mol. The minimum atomic E-state index is -3.43. The third-order valence-corrected chi connectivity index (χ3v) is 9.73. The Morgan fingerprint density at radius 2 is 1.41 bits per heavy atom. The van der Waals surface area contributed by atoms with Gasteiger partial charge in [0.1, 0.15) is 5.54 Å². The summed E-state index contributed by atoms with van der Waals surface area (Å²) >= 11 is 0. The molecule has 0 N–H and O–H groups in total. The third kappa shape index (κ3) is 3.36. The number of rotatable bonds is 5. The van der Waals surface area contributed by atoms with Crippen molar-refractivity contribution >= 4 is 41.0 Å². The molecule has 0 aliphatic carbocycles. The number of hydrogen-bond donors (Lipinski definition) is 0. The summed E-state index contributed by atoms with van der Waals surface area (Å²) in [4.78, 5) is 17.5. The number of fused-ring (bicyclic) bond motifs is 1. The lowest BCUT2D eigenvalue weighted by atomic mass is 9.84. The number of ether oxygens (including phenoxy) is 1. The second kappa shape index (κ2) is 8.58. The summed E-state index contributed by atoms with van der Waals surface area (Å²) in [5, 5.41) is 3.46. The van der Waals surface area contributed by atoms with Gasteiger partial charge in [0.05, 0.1) is 13.4 Å². The van der Waals surface area contributed by atoms with Crippen molar-refractivity contribution in [2.24, 2.45) is 4.99 Å². The van der Waals surface area contributed by atoms with E-state index in [-0.39, 0.29) is 0 Å². The SMILES string of the molecule is COC(=O)[C@@H]1N=CN(P(=O)(c2ccccc2)c2ccccc2)[C@@]1(C)c1ccc2ccccc2c1. The van der Waals surface area contributed by atoms with E-state index in [9.17, 15) is 4.79 Å². The molecule has 0 saturated heterocycles. The highest BCUT2D eigenvalue weighted by Gasteiger charge is 2.55. The molecule has 0 bridgehead atoms. The van der Waals surface area contributed by atoms with Gasteiger partial charge in [-0.05, 0) is 53.6 Å². The van der Waals surface area contributed by atoms with E-state index in [2.05, 4.69) is 4.99 Å². The summed E-state index contributed by atoms with van der Waals surface area (Å²) < 4.78 is 22.1. The fourth-order valence-electron chi connectivity index (χ4n) is 4.74. The summed E-state index contributed by atoms with van der Waals surface area (Å²) in [5.41, 5.74) is -0.204. The normalized spacial score (nSPS) is 19.9. The molecule has 1 aliphatic rings. The first-order valence-electron chi connectivity index (χ1n) is 11.1. The maximum Gasteiger partial charge on any atom is 0.333 e. The molecule has 6 heteroatoms. The smallest absolute Gasteiger partial charge is 0.333 e. The Labute approximate surface area is 199 Å². The van der Waals surface area contributed by atoms with Crippen molar-refractivity contribution in [1.29, 1.82) is 0 Å². The Hall–Kier alpha value is -3.69. The van der Waals surface area contributed by atoms with E-state index in [4.69, 9.17) is 4.74 Å². The van der Waals surface area contributed by atoms with Gasteiger partial charge in [0.15, 0.2) is 6.04 Å². The van der Waals surface area contributed by atoms with E-state index in [1.54, 1.807) is 11.0 Å². The van der Waals surface area contributed by atoms with Gasteiger partial charge < -0.3 is 4.74 Å². The predicted molar refractivity (Wildman–Crippen MR) is 137 cm³/mol. The maximum atomic E-state index is 15.2. The largest absolute Gasteiger partial charge is 0.467 e. The minimum absolute atomic E-state index is 0.470. The molecule has 0 radical (unpaired) electrons. The van der Waals surface area contributed by atoms with Crippen molar-refractivity contribution in [3.05, 3.63) is 109 Å². The van der Waals surface area contributed by atoms with Crippen molar-refractivity contribution < 1.29 is 14.1 Å². The van der Waals surface area contributed by atoms with Crippen LogP contribution in [0.2, 0.25) is 0 Å². The molecule has 0 amide bonds. The molecule has 4 aromatic rings. The fraction of sp³-hybridized carbons (Fsp3) is 0.143. The Morgan fingerprint density at radius 1 is 0.853 bits per heavy atom. The van der Waals surface area contributed by atoms with Crippen molar-refractivity contribution in [3.63, 3.8) is 0 Å². The number of benzene rings is 4. The number of carbonyl (C=O) groups is 1. The van der Waals surface area contributed by atoms with Crippen LogP contribution >= 0.6 is 7.29 Å². The number of carbonyl (C=O) groups excluding carboxylic acids is 1. The molecule has 34 heavy (non-hydrogen) atoms. The lowest BCUT2D eigenvalue weighted by Gasteiger charge is -2.43. The molecule has 0 fully saturated rings. The molecule has 0 unspecified atom stereocenters. The Bertz CT molecular complexity index is 1380. The molecule has 0 saturated carbocycles. The summed E-state index contributed by atoms with van der Waals surface area (Å²) in [7, 11) is -2.07. The van der Waals surface area contributed by atoms with Crippen LogP contribution in [0.3, 0.4) is 0 Å². The summed E-state index contributed by atoms with van der Waals surface area (Å²) in [5.74, 6) is -0.470. The number of esters is 1. The van der Waals surface area contributed by atoms with E-state index >= 15 is 4.57 Å². The van der Waals surface area contributed by atoms with Gasteiger partial charge in [-0.1, -0.05) is 72.8 Å². The topological polar surface area (TPSA) is 59.0 Å². The van der Waals surface area contributed by atoms with Crippen LogP contribution in [-0.4, -0.2) is 30.1 Å². The first kappa shape index (κ1) is 22.1. The highest BCUT2D eigenvalue weighted by Crippen LogP contribution is 2.56. The maximum absolute atomic E-state index is 15.2. The van der Waals surface area contributed by atoms with E-state index in [0.29, 0.717) is 10.6 Å². The van der Waals surface area contributed by atoms with Gasteiger partial charge >= 0.3 is 5.97 Å². The Kier molecular flexibility index (Phi) is 5.59. The van der Waals surface area contributed by atoms with Crippen LogP contribution in [0.4, 0.5) is 0 Å². The molecule has 1 aliphatic heterocycles. The number of methoxy groups -OCH3 is 1. The summed E-state index contributed by atoms with van der Waals surface area (Å²) in [6.45, 7) is 1.92. The monoisotopic (exact) mass is 468 g/mol. The van der Waals surface area contributed by atoms with E-state index in [1.807, 2.05) is 110 Å². The second-order valence-corrected chi connectivity index (χ2v) is 11.1. The molecule has 0 spiro atoms. The van der Waals surface area contributed by atoms with Crippen LogP contribution in [0.15, 0.2) is 108 Å².